The van der Waals surface area contributed by atoms with Crippen LogP contribution in [-0.2, 0) is 11.2 Å². The number of hydrogen-bond donors (Lipinski definition) is 1. The Labute approximate surface area is 101 Å². The van der Waals surface area contributed by atoms with Crippen LogP contribution >= 0.6 is 11.6 Å². The first-order valence-corrected chi connectivity index (χ1v) is 5.69. The number of methoxy groups -OCH3 is 1. The van der Waals surface area contributed by atoms with E-state index in [4.69, 9.17) is 22.1 Å². The molecule has 1 aromatic carbocycles. The van der Waals surface area contributed by atoms with E-state index in [1.807, 2.05) is 0 Å². The predicted molar refractivity (Wildman–Crippen MR) is 64.2 cm³/mol. The fourth-order valence-corrected chi connectivity index (χ4v) is 1.77. The van der Waals surface area contributed by atoms with E-state index in [-0.39, 0.29) is 11.9 Å². The Kier molecular flexibility index (Phi) is 5.74. The number of hydrogen-bond acceptors (Lipinski definition) is 2. The average Bonchev–Trinajstić information content (AvgIpc) is 2.24. The zero-order valence-corrected chi connectivity index (χ0v) is 10.1. The Morgan fingerprint density at radius 3 is 2.94 bits per heavy atom. The van der Waals surface area contributed by atoms with Crippen LogP contribution in [0.5, 0.6) is 0 Å². The maximum Gasteiger partial charge on any atom is 0.126 e. The fraction of sp³-hybridized carbons (Fsp3) is 0.500. The van der Waals surface area contributed by atoms with Gasteiger partial charge in [0.15, 0.2) is 0 Å². The van der Waals surface area contributed by atoms with Crippen LogP contribution in [0, 0.1) is 5.82 Å². The predicted octanol–water partition coefficient (Wildman–Crippen LogP) is 2.78. The summed E-state index contributed by atoms with van der Waals surface area (Å²) >= 11 is 5.80. The third-order valence-electron chi connectivity index (χ3n) is 2.41. The van der Waals surface area contributed by atoms with Crippen molar-refractivity contribution in [2.45, 2.75) is 25.3 Å². The normalized spacial score (nSPS) is 12.8. The highest BCUT2D eigenvalue weighted by Gasteiger charge is 2.08. The number of halogens is 2. The number of rotatable bonds is 6. The molecular weight excluding hydrogens is 229 g/mol. The SMILES string of the molecule is COCCCC(N)Cc1cc(Cl)ccc1F. The fourth-order valence-electron chi connectivity index (χ4n) is 1.57. The number of benzene rings is 1. The second-order valence-corrected chi connectivity index (χ2v) is 4.27. The van der Waals surface area contributed by atoms with E-state index >= 15 is 0 Å². The van der Waals surface area contributed by atoms with Gasteiger partial charge in [0.05, 0.1) is 0 Å². The minimum Gasteiger partial charge on any atom is -0.385 e. The average molecular weight is 246 g/mol. The van der Waals surface area contributed by atoms with Gasteiger partial charge in [0, 0.05) is 24.8 Å². The van der Waals surface area contributed by atoms with Gasteiger partial charge in [-0.25, -0.2) is 4.39 Å². The first-order valence-electron chi connectivity index (χ1n) is 5.32. The minimum absolute atomic E-state index is 0.0527. The van der Waals surface area contributed by atoms with Crippen molar-refractivity contribution in [3.8, 4) is 0 Å². The molecule has 1 unspecified atom stereocenters. The Bertz CT molecular complexity index is 333. The highest BCUT2D eigenvalue weighted by atomic mass is 35.5. The second-order valence-electron chi connectivity index (χ2n) is 3.83. The summed E-state index contributed by atoms with van der Waals surface area (Å²) in [4.78, 5) is 0. The Morgan fingerprint density at radius 2 is 2.25 bits per heavy atom. The first-order chi connectivity index (χ1) is 7.63. The van der Waals surface area contributed by atoms with Crippen molar-refractivity contribution in [3.05, 3.63) is 34.6 Å². The molecule has 0 spiro atoms. The molecule has 1 aromatic rings. The van der Waals surface area contributed by atoms with Gasteiger partial charge in [-0.15, -0.1) is 0 Å². The molecule has 0 amide bonds. The van der Waals surface area contributed by atoms with Crippen molar-refractivity contribution >= 4 is 11.6 Å². The van der Waals surface area contributed by atoms with E-state index in [9.17, 15) is 4.39 Å². The molecule has 4 heteroatoms. The van der Waals surface area contributed by atoms with Crippen LogP contribution in [0.1, 0.15) is 18.4 Å². The molecule has 1 atom stereocenters. The Hall–Kier alpha value is -0.640. The van der Waals surface area contributed by atoms with Gasteiger partial charge in [-0.2, -0.15) is 0 Å². The summed E-state index contributed by atoms with van der Waals surface area (Å²) in [6.45, 7) is 0.686. The molecule has 0 heterocycles. The van der Waals surface area contributed by atoms with Crippen LogP contribution in [0.25, 0.3) is 0 Å². The maximum atomic E-state index is 13.4. The molecule has 0 aliphatic rings. The topological polar surface area (TPSA) is 35.2 Å². The van der Waals surface area contributed by atoms with Gasteiger partial charge in [0.25, 0.3) is 0 Å². The molecule has 1 rings (SSSR count). The second kappa shape index (κ2) is 6.84. The van der Waals surface area contributed by atoms with Gasteiger partial charge in [-0.05, 0) is 43.0 Å². The Morgan fingerprint density at radius 1 is 1.50 bits per heavy atom. The largest absolute Gasteiger partial charge is 0.385 e. The molecule has 0 aliphatic heterocycles. The van der Waals surface area contributed by atoms with E-state index in [2.05, 4.69) is 0 Å². The first kappa shape index (κ1) is 13.4. The van der Waals surface area contributed by atoms with Crippen molar-refractivity contribution in [1.82, 2.24) is 0 Å². The van der Waals surface area contributed by atoms with E-state index in [0.717, 1.165) is 12.8 Å². The molecule has 0 saturated carbocycles. The summed E-state index contributed by atoms with van der Waals surface area (Å²) in [5, 5.41) is 0.542. The zero-order chi connectivity index (χ0) is 12.0. The summed E-state index contributed by atoms with van der Waals surface area (Å²) in [5.41, 5.74) is 6.48. The molecule has 90 valence electrons. The van der Waals surface area contributed by atoms with Crippen molar-refractivity contribution < 1.29 is 9.13 Å². The van der Waals surface area contributed by atoms with Crippen molar-refractivity contribution in [2.24, 2.45) is 5.73 Å². The summed E-state index contributed by atoms with van der Waals surface area (Å²) in [5.74, 6) is -0.244. The number of nitrogens with two attached hydrogens (primary N) is 1. The van der Waals surface area contributed by atoms with Crippen LogP contribution in [0.3, 0.4) is 0 Å². The standard InChI is InChI=1S/C12H17ClFNO/c1-16-6-2-3-11(15)8-9-7-10(13)4-5-12(9)14/h4-5,7,11H,2-3,6,8,15H2,1H3. The van der Waals surface area contributed by atoms with E-state index in [0.29, 0.717) is 23.6 Å². The van der Waals surface area contributed by atoms with Gasteiger partial charge in [-0.1, -0.05) is 11.6 Å². The molecule has 0 saturated heterocycles. The molecule has 0 radical (unpaired) electrons. The minimum atomic E-state index is -0.244. The third kappa shape index (κ3) is 4.47. The summed E-state index contributed by atoms with van der Waals surface area (Å²) in [6, 6.07) is 4.49. The van der Waals surface area contributed by atoms with E-state index in [1.165, 1.54) is 12.1 Å². The smallest absolute Gasteiger partial charge is 0.126 e. The lowest BCUT2D eigenvalue weighted by Gasteiger charge is -2.12. The van der Waals surface area contributed by atoms with E-state index in [1.54, 1.807) is 13.2 Å². The highest BCUT2D eigenvalue weighted by Crippen LogP contribution is 2.16. The zero-order valence-electron chi connectivity index (χ0n) is 9.38. The summed E-state index contributed by atoms with van der Waals surface area (Å²) in [6.07, 6.45) is 2.22. The van der Waals surface area contributed by atoms with Crippen LogP contribution in [0.4, 0.5) is 4.39 Å². The highest BCUT2D eigenvalue weighted by molar-refractivity contribution is 6.30. The molecule has 0 aliphatic carbocycles. The van der Waals surface area contributed by atoms with Gasteiger partial charge >= 0.3 is 0 Å². The molecule has 0 fully saturated rings. The van der Waals surface area contributed by atoms with Gasteiger partial charge in [0.2, 0.25) is 0 Å². The lowest BCUT2D eigenvalue weighted by atomic mass is 10.0. The van der Waals surface area contributed by atoms with Crippen LogP contribution in [0.2, 0.25) is 5.02 Å². The van der Waals surface area contributed by atoms with Gasteiger partial charge in [0.1, 0.15) is 5.82 Å². The van der Waals surface area contributed by atoms with Crippen molar-refractivity contribution in [1.29, 1.82) is 0 Å². The van der Waals surface area contributed by atoms with Crippen LogP contribution in [-0.4, -0.2) is 19.8 Å². The van der Waals surface area contributed by atoms with Gasteiger partial charge in [-0.3, -0.25) is 0 Å². The van der Waals surface area contributed by atoms with Crippen LogP contribution in [0.15, 0.2) is 18.2 Å². The number of ether oxygens (including phenoxy) is 1. The molecule has 2 N–H and O–H groups in total. The molecular formula is C12H17ClFNO. The molecule has 16 heavy (non-hydrogen) atoms. The quantitative estimate of drug-likeness (QED) is 0.783. The molecule has 0 aromatic heterocycles. The lowest BCUT2D eigenvalue weighted by Crippen LogP contribution is -2.23. The van der Waals surface area contributed by atoms with Crippen molar-refractivity contribution in [2.75, 3.05) is 13.7 Å². The molecule has 2 nitrogen and oxygen atoms in total. The van der Waals surface area contributed by atoms with Crippen LogP contribution < -0.4 is 5.73 Å². The monoisotopic (exact) mass is 245 g/mol. The molecule has 0 bridgehead atoms. The van der Waals surface area contributed by atoms with Crippen molar-refractivity contribution in [3.63, 3.8) is 0 Å². The third-order valence-corrected chi connectivity index (χ3v) is 2.65. The summed E-state index contributed by atoms with van der Waals surface area (Å²) < 4.78 is 18.3. The summed E-state index contributed by atoms with van der Waals surface area (Å²) in [7, 11) is 1.65. The van der Waals surface area contributed by atoms with Gasteiger partial charge < -0.3 is 10.5 Å². The Balaban J connectivity index is 2.48. The lowest BCUT2D eigenvalue weighted by molar-refractivity contribution is 0.190. The maximum absolute atomic E-state index is 13.4. The van der Waals surface area contributed by atoms with E-state index < -0.39 is 0 Å².